The largest absolute Gasteiger partial charge is 0.373 e. The number of piperidine rings is 1. The van der Waals surface area contributed by atoms with E-state index in [0.717, 1.165) is 30.8 Å². The first-order chi connectivity index (χ1) is 14.0. The van der Waals surface area contributed by atoms with Crippen LogP contribution in [0.3, 0.4) is 0 Å². The van der Waals surface area contributed by atoms with Crippen LogP contribution in [0.4, 0.5) is 4.39 Å². The van der Waals surface area contributed by atoms with E-state index in [1.54, 1.807) is 23.9 Å². The van der Waals surface area contributed by atoms with Crippen LogP contribution in [0.1, 0.15) is 46.8 Å². The average molecular weight is 400 g/mol. The van der Waals surface area contributed by atoms with Gasteiger partial charge in [0.05, 0.1) is 24.9 Å². The Hall–Kier alpha value is -2.25. The Kier molecular flexibility index (Phi) is 5.96. The molecule has 0 radical (unpaired) electrons. The van der Waals surface area contributed by atoms with E-state index in [1.807, 2.05) is 18.1 Å². The third-order valence-electron chi connectivity index (χ3n) is 5.86. The number of aromatic nitrogens is 2. The maximum absolute atomic E-state index is 13.9. The van der Waals surface area contributed by atoms with Crippen LogP contribution in [0.15, 0.2) is 30.6 Å². The molecule has 2 fully saturated rings. The van der Waals surface area contributed by atoms with Crippen LogP contribution >= 0.6 is 0 Å². The fraction of sp³-hybridized carbons (Fsp3) is 0.545. The molecule has 3 heterocycles. The molecule has 0 saturated carbocycles. The lowest BCUT2D eigenvalue weighted by atomic mass is 9.98. The van der Waals surface area contributed by atoms with Crippen molar-refractivity contribution in [3.8, 4) is 0 Å². The topological polar surface area (TPSA) is 50.6 Å². The van der Waals surface area contributed by atoms with Crippen molar-refractivity contribution in [2.45, 2.75) is 38.3 Å². The molecule has 1 aromatic heterocycles. The highest BCUT2D eigenvalue weighted by Crippen LogP contribution is 2.32. The summed E-state index contributed by atoms with van der Waals surface area (Å²) in [5.41, 5.74) is 2.08. The fourth-order valence-corrected chi connectivity index (χ4v) is 4.52. The number of amides is 1. The monoisotopic (exact) mass is 400 g/mol. The Labute approximate surface area is 171 Å². The Morgan fingerprint density at radius 3 is 2.69 bits per heavy atom. The van der Waals surface area contributed by atoms with Gasteiger partial charge in [0.15, 0.2) is 0 Å². The first-order valence-electron chi connectivity index (χ1n) is 10.4. The van der Waals surface area contributed by atoms with E-state index in [0.29, 0.717) is 18.7 Å². The van der Waals surface area contributed by atoms with Crippen molar-refractivity contribution in [2.24, 2.45) is 7.05 Å². The molecule has 2 aliphatic heterocycles. The van der Waals surface area contributed by atoms with Crippen molar-refractivity contribution < 1.29 is 13.9 Å². The van der Waals surface area contributed by atoms with Crippen molar-refractivity contribution >= 4 is 5.91 Å². The van der Waals surface area contributed by atoms with E-state index in [9.17, 15) is 9.18 Å². The smallest absolute Gasteiger partial charge is 0.254 e. The number of halogens is 1. The fourth-order valence-electron chi connectivity index (χ4n) is 4.52. The highest BCUT2D eigenvalue weighted by atomic mass is 19.1. The number of rotatable bonds is 4. The van der Waals surface area contributed by atoms with Gasteiger partial charge < -0.3 is 14.5 Å². The standard InChI is InChI=1S/C22H29FN4O2/c1-16-10-17(12-19(23)11-16)22(28)27-8-9-29-20(15-26-6-4-3-5-7-26)21(27)18-13-24-25(2)14-18/h10-14,20-21H,3-9,15H2,1-2H3/t20-,21-/m0/s1. The molecular weight excluding hydrogens is 371 g/mol. The van der Waals surface area contributed by atoms with E-state index >= 15 is 0 Å². The Balaban J connectivity index is 1.64. The Morgan fingerprint density at radius 2 is 2.00 bits per heavy atom. The molecule has 2 atom stereocenters. The molecule has 2 saturated heterocycles. The van der Waals surface area contributed by atoms with Gasteiger partial charge in [0, 0.05) is 37.5 Å². The third kappa shape index (κ3) is 4.51. The minimum absolute atomic E-state index is 0.135. The number of ether oxygens (including phenoxy) is 1. The zero-order chi connectivity index (χ0) is 20.4. The summed E-state index contributed by atoms with van der Waals surface area (Å²) in [6, 6.07) is 4.27. The number of hydrogen-bond donors (Lipinski definition) is 0. The van der Waals surface area contributed by atoms with Crippen molar-refractivity contribution in [1.82, 2.24) is 19.6 Å². The molecule has 29 heavy (non-hydrogen) atoms. The van der Waals surface area contributed by atoms with E-state index in [-0.39, 0.29) is 23.9 Å². The van der Waals surface area contributed by atoms with Crippen LogP contribution in [-0.2, 0) is 11.8 Å². The summed E-state index contributed by atoms with van der Waals surface area (Å²) in [6.45, 7) is 5.68. The highest BCUT2D eigenvalue weighted by molar-refractivity contribution is 5.94. The second-order valence-corrected chi connectivity index (χ2v) is 8.18. The van der Waals surface area contributed by atoms with Crippen LogP contribution < -0.4 is 0 Å². The molecule has 156 valence electrons. The van der Waals surface area contributed by atoms with E-state index in [1.165, 1.54) is 31.4 Å². The zero-order valence-electron chi connectivity index (χ0n) is 17.2. The van der Waals surface area contributed by atoms with E-state index < -0.39 is 0 Å². The van der Waals surface area contributed by atoms with Gasteiger partial charge in [-0.2, -0.15) is 5.10 Å². The van der Waals surface area contributed by atoms with Crippen LogP contribution in [0.2, 0.25) is 0 Å². The van der Waals surface area contributed by atoms with Crippen LogP contribution in [0, 0.1) is 12.7 Å². The minimum atomic E-state index is -0.385. The van der Waals surface area contributed by atoms with Crippen molar-refractivity contribution in [3.63, 3.8) is 0 Å². The summed E-state index contributed by atoms with van der Waals surface area (Å²) < 4.78 is 21.9. The van der Waals surface area contributed by atoms with Crippen molar-refractivity contribution in [1.29, 1.82) is 0 Å². The lowest BCUT2D eigenvalue weighted by Gasteiger charge is -2.43. The maximum Gasteiger partial charge on any atom is 0.254 e. The van der Waals surface area contributed by atoms with Gasteiger partial charge in [-0.05, 0) is 56.6 Å². The average Bonchev–Trinajstić information content (AvgIpc) is 3.13. The number of benzene rings is 1. The SMILES string of the molecule is Cc1cc(F)cc(C(=O)N2CCO[C@@H](CN3CCCCC3)[C@@H]2c2cnn(C)c2)c1. The molecule has 1 aromatic carbocycles. The zero-order valence-corrected chi connectivity index (χ0v) is 17.2. The lowest BCUT2D eigenvalue weighted by molar-refractivity contribution is -0.0741. The molecule has 1 amide bonds. The molecule has 6 nitrogen and oxygen atoms in total. The second kappa shape index (κ2) is 8.63. The van der Waals surface area contributed by atoms with Crippen molar-refractivity contribution in [3.05, 3.63) is 53.1 Å². The summed E-state index contributed by atoms with van der Waals surface area (Å²) >= 11 is 0. The number of likely N-dealkylation sites (tertiary alicyclic amines) is 1. The van der Waals surface area contributed by atoms with Crippen LogP contribution in [0.5, 0.6) is 0 Å². The molecule has 0 bridgehead atoms. The molecule has 2 aliphatic rings. The summed E-state index contributed by atoms with van der Waals surface area (Å²) in [5.74, 6) is -0.544. The summed E-state index contributed by atoms with van der Waals surface area (Å²) in [4.78, 5) is 17.7. The Morgan fingerprint density at radius 1 is 1.21 bits per heavy atom. The first kappa shape index (κ1) is 20.0. The lowest BCUT2D eigenvalue weighted by Crippen LogP contribution is -2.52. The number of nitrogens with zero attached hydrogens (tertiary/aromatic N) is 4. The Bertz CT molecular complexity index is 842. The quantitative estimate of drug-likeness (QED) is 0.792. The summed E-state index contributed by atoms with van der Waals surface area (Å²) in [5, 5.41) is 4.32. The molecule has 4 rings (SSSR count). The van der Waals surface area contributed by atoms with Crippen molar-refractivity contribution in [2.75, 3.05) is 32.8 Å². The van der Waals surface area contributed by atoms with Gasteiger partial charge in [0.1, 0.15) is 5.82 Å². The van der Waals surface area contributed by atoms with Gasteiger partial charge in [0.2, 0.25) is 0 Å². The summed E-state index contributed by atoms with van der Waals surface area (Å²) in [7, 11) is 1.87. The van der Waals surface area contributed by atoms with Gasteiger partial charge in [-0.1, -0.05) is 6.42 Å². The number of aryl methyl sites for hydroxylation is 2. The number of hydrogen-bond acceptors (Lipinski definition) is 4. The number of morpholine rings is 1. The molecular formula is C22H29FN4O2. The van der Waals surface area contributed by atoms with Gasteiger partial charge in [-0.25, -0.2) is 4.39 Å². The van der Waals surface area contributed by atoms with Gasteiger partial charge in [-0.3, -0.25) is 9.48 Å². The molecule has 7 heteroatoms. The van der Waals surface area contributed by atoms with Gasteiger partial charge in [-0.15, -0.1) is 0 Å². The minimum Gasteiger partial charge on any atom is -0.373 e. The molecule has 0 spiro atoms. The number of carbonyl (C=O) groups is 1. The highest BCUT2D eigenvalue weighted by Gasteiger charge is 2.38. The van der Waals surface area contributed by atoms with Crippen LogP contribution in [0.25, 0.3) is 0 Å². The van der Waals surface area contributed by atoms with E-state index in [2.05, 4.69) is 10.00 Å². The maximum atomic E-state index is 13.9. The van der Waals surface area contributed by atoms with Gasteiger partial charge in [0.25, 0.3) is 5.91 Å². The van der Waals surface area contributed by atoms with Crippen LogP contribution in [-0.4, -0.2) is 64.4 Å². The third-order valence-corrected chi connectivity index (χ3v) is 5.86. The van der Waals surface area contributed by atoms with Gasteiger partial charge >= 0.3 is 0 Å². The molecule has 0 unspecified atom stereocenters. The first-order valence-corrected chi connectivity index (χ1v) is 10.4. The number of carbonyl (C=O) groups excluding carboxylic acids is 1. The molecule has 2 aromatic rings. The summed E-state index contributed by atoms with van der Waals surface area (Å²) in [6.07, 6.45) is 7.30. The normalized spacial score (nSPS) is 23.3. The predicted octanol–water partition coefficient (Wildman–Crippen LogP) is 2.94. The molecule has 0 aliphatic carbocycles. The second-order valence-electron chi connectivity index (χ2n) is 8.18. The van der Waals surface area contributed by atoms with E-state index in [4.69, 9.17) is 4.74 Å². The predicted molar refractivity (Wildman–Crippen MR) is 108 cm³/mol. The molecule has 0 N–H and O–H groups in total.